The monoisotopic (exact) mass is 505 g/mol. The minimum absolute atomic E-state index is 0. The van der Waals surface area contributed by atoms with Gasteiger partial charge in [0.05, 0.1) is 12.7 Å². The molecule has 1 amide bonds. The van der Waals surface area contributed by atoms with Gasteiger partial charge in [-0.1, -0.05) is 12.8 Å². The number of carbonyl (C=O) groups excluding carboxylic acids is 1. The van der Waals surface area contributed by atoms with Crippen LogP contribution in [0, 0.1) is 5.92 Å². The van der Waals surface area contributed by atoms with Crippen LogP contribution >= 0.6 is 24.0 Å². The van der Waals surface area contributed by atoms with Crippen molar-refractivity contribution in [3.05, 3.63) is 0 Å². The third-order valence-electron chi connectivity index (χ3n) is 6.73. The molecule has 4 fully saturated rings. The van der Waals surface area contributed by atoms with Crippen LogP contribution < -0.4 is 10.6 Å². The minimum atomic E-state index is 0. The Balaban J connectivity index is 0.00000225. The van der Waals surface area contributed by atoms with Crippen molar-refractivity contribution in [1.82, 2.24) is 20.4 Å². The van der Waals surface area contributed by atoms with E-state index < -0.39 is 0 Å². The van der Waals surface area contributed by atoms with Crippen LogP contribution in [0.2, 0.25) is 0 Å². The Hall–Kier alpha value is -0.610. The average molecular weight is 505 g/mol. The van der Waals surface area contributed by atoms with Crippen LogP contribution in [0.25, 0.3) is 0 Å². The molecule has 1 aliphatic carbocycles. The van der Waals surface area contributed by atoms with Gasteiger partial charge in [0.2, 0.25) is 5.91 Å². The zero-order valence-corrected chi connectivity index (χ0v) is 19.4. The summed E-state index contributed by atoms with van der Waals surface area (Å²) in [5.41, 5.74) is 0. The maximum Gasteiger partial charge on any atom is 0.225 e. The Bertz CT molecular complexity index is 555. The van der Waals surface area contributed by atoms with Gasteiger partial charge in [-0.15, -0.1) is 24.0 Å². The summed E-state index contributed by atoms with van der Waals surface area (Å²) in [6.45, 7) is 5.53. The van der Waals surface area contributed by atoms with Crippen molar-refractivity contribution in [3.63, 3.8) is 0 Å². The van der Waals surface area contributed by atoms with Gasteiger partial charge in [0, 0.05) is 51.2 Å². The summed E-state index contributed by atoms with van der Waals surface area (Å²) in [6.07, 6.45) is 8.38. The van der Waals surface area contributed by atoms with Crippen molar-refractivity contribution in [2.24, 2.45) is 10.9 Å². The Morgan fingerprint density at radius 3 is 2.71 bits per heavy atom. The Labute approximate surface area is 186 Å². The molecule has 7 nitrogen and oxygen atoms in total. The van der Waals surface area contributed by atoms with E-state index in [2.05, 4.69) is 25.4 Å². The van der Waals surface area contributed by atoms with E-state index in [1.54, 1.807) is 0 Å². The Morgan fingerprint density at radius 1 is 1.11 bits per heavy atom. The van der Waals surface area contributed by atoms with E-state index in [1.807, 2.05) is 7.05 Å². The van der Waals surface area contributed by atoms with E-state index >= 15 is 0 Å². The number of likely N-dealkylation sites (tertiary alicyclic amines) is 1. The lowest BCUT2D eigenvalue weighted by Crippen LogP contribution is -2.52. The zero-order chi connectivity index (χ0) is 18.6. The number of rotatable bonds is 4. The van der Waals surface area contributed by atoms with Gasteiger partial charge >= 0.3 is 0 Å². The van der Waals surface area contributed by atoms with Crippen molar-refractivity contribution in [3.8, 4) is 0 Å². The molecule has 4 aliphatic rings. The van der Waals surface area contributed by atoms with E-state index in [0.717, 1.165) is 58.0 Å². The molecule has 1 saturated carbocycles. The highest BCUT2D eigenvalue weighted by atomic mass is 127. The first-order valence-electron chi connectivity index (χ1n) is 10.8. The fraction of sp³-hybridized carbons (Fsp3) is 0.900. The van der Waals surface area contributed by atoms with E-state index in [-0.39, 0.29) is 42.0 Å². The number of morpholine rings is 1. The van der Waals surface area contributed by atoms with E-state index in [1.165, 1.54) is 32.2 Å². The third kappa shape index (κ3) is 5.30. The number of halogens is 1. The zero-order valence-electron chi connectivity index (χ0n) is 17.1. The number of hydrogen-bond donors (Lipinski definition) is 2. The largest absolute Gasteiger partial charge is 0.373 e. The molecule has 2 N–H and O–H groups in total. The minimum Gasteiger partial charge on any atom is -0.373 e. The van der Waals surface area contributed by atoms with Crippen LogP contribution in [-0.2, 0) is 9.53 Å². The number of aliphatic imine (C=N–C) groups is 1. The molecule has 0 aromatic rings. The molecule has 28 heavy (non-hydrogen) atoms. The third-order valence-corrected chi connectivity index (χ3v) is 6.73. The summed E-state index contributed by atoms with van der Waals surface area (Å²) in [4.78, 5) is 21.6. The molecule has 0 aromatic heterocycles. The topological polar surface area (TPSA) is 69.2 Å². The van der Waals surface area contributed by atoms with Crippen molar-refractivity contribution in [1.29, 1.82) is 0 Å². The summed E-state index contributed by atoms with van der Waals surface area (Å²) < 4.78 is 6.02. The van der Waals surface area contributed by atoms with Gasteiger partial charge in [-0.25, -0.2) is 0 Å². The first kappa shape index (κ1) is 22.1. The molecule has 4 rings (SSSR count). The van der Waals surface area contributed by atoms with Crippen LogP contribution in [0.5, 0.6) is 0 Å². The predicted molar refractivity (Wildman–Crippen MR) is 121 cm³/mol. The van der Waals surface area contributed by atoms with E-state index in [4.69, 9.17) is 4.74 Å². The molecule has 3 heterocycles. The summed E-state index contributed by atoms with van der Waals surface area (Å²) in [5, 5.41) is 6.93. The van der Waals surface area contributed by atoms with Gasteiger partial charge in [0.15, 0.2) is 5.96 Å². The SMILES string of the molecule is CN=C(NCC1CN2CCCC2CO1)NC1CCN(C(=O)C2CCCC2)C1.I. The van der Waals surface area contributed by atoms with E-state index in [0.29, 0.717) is 11.9 Å². The van der Waals surface area contributed by atoms with Crippen LogP contribution in [0.15, 0.2) is 4.99 Å². The number of amides is 1. The molecule has 3 aliphatic heterocycles. The highest BCUT2D eigenvalue weighted by Crippen LogP contribution is 2.28. The maximum absolute atomic E-state index is 12.6. The van der Waals surface area contributed by atoms with Crippen LogP contribution in [0.4, 0.5) is 0 Å². The van der Waals surface area contributed by atoms with Gasteiger partial charge in [0.25, 0.3) is 0 Å². The molecular weight excluding hydrogens is 469 g/mol. The summed E-state index contributed by atoms with van der Waals surface area (Å²) in [5.74, 6) is 1.47. The number of guanidine groups is 1. The van der Waals surface area contributed by atoms with Gasteiger partial charge in [-0.05, 0) is 38.6 Å². The fourth-order valence-electron chi connectivity index (χ4n) is 5.12. The second kappa shape index (κ2) is 10.4. The first-order valence-corrected chi connectivity index (χ1v) is 10.8. The fourth-order valence-corrected chi connectivity index (χ4v) is 5.12. The van der Waals surface area contributed by atoms with Crippen LogP contribution in [0.3, 0.4) is 0 Å². The molecule has 8 heteroatoms. The Morgan fingerprint density at radius 2 is 1.93 bits per heavy atom. The van der Waals surface area contributed by atoms with Gasteiger partial charge < -0.3 is 20.3 Å². The number of nitrogens with one attached hydrogen (secondary N) is 2. The molecule has 0 bridgehead atoms. The predicted octanol–water partition coefficient (Wildman–Crippen LogP) is 1.42. The lowest BCUT2D eigenvalue weighted by Gasteiger charge is -2.35. The quantitative estimate of drug-likeness (QED) is 0.344. The van der Waals surface area contributed by atoms with Crippen molar-refractivity contribution >= 4 is 35.8 Å². The first-order chi connectivity index (χ1) is 13.2. The molecule has 3 saturated heterocycles. The van der Waals surface area contributed by atoms with Gasteiger partial charge in [-0.3, -0.25) is 14.7 Å². The van der Waals surface area contributed by atoms with Gasteiger partial charge in [0.1, 0.15) is 0 Å². The number of hydrogen-bond acceptors (Lipinski definition) is 4. The second-order valence-electron chi connectivity index (χ2n) is 8.60. The molecule has 3 unspecified atom stereocenters. The second-order valence-corrected chi connectivity index (χ2v) is 8.60. The molecule has 160 valence electrons. The van der Waals surface area contributed by atoms with Crippen molar-refractivity contribution in [2.45, 2.75) is 63.1 Å². The van der Waals surface area contributed by atoms with Crippen molar-refractivity contribution < 1.29 is 9.53 Å². The number of fused-ring (bicyclic) bond motifs is 1. The van der Waals surface area contributed by atoms with Crippen LogP contribution in [-0.4, -0.2) is 86.2 Å². The lowest BCUT2D eigenvalue weighted by atomic mass is 10.1. The highest BCUT2D eigenvalue weighted by molar-refractivity contribution is 14.0. The van der Waals surface area contributed by atoms with E-state index in [9.17, 15) is 4.79 Å². The smallest absolute Gasteiger partial charge is 0.225 e. The Kier molecular flexibility index (Phi) is 8.22. The standard InChI is InChI=1S/C20H35N5O2.HI/c1-21-20(22-11-18-13-24-9-4-7-17(24)14-27-18)23-16-8-10-25(12-16)19(26)15-5-2-3-6-15;/h15-18H,2-14H2,1H3,(H2,21,22,23);1H. The molecule has 3 atom stereocenters. The molecule has 0 radical (unpaired) electrons. The number of ether oxygens (including phenoxy) is 1. The number of carbonyl (C=O) groups is 1. The average Bonchev–Trinajstić information content (AvgIpc) is 3.45. The molecule has 0 spiro atoms. The lowest BCUT2D eigenvalue weighted by molar-refractivity contribution is -0.134. The summed E-state index contributed by atoms with van der Waals surface area (Å²) in [6, 6.07) is 0.928. The van der Waals surface area contributed by atoms with Crippen molar-refractivity contribution in [2.75, 3.05) is 46.4 Å². The summed E-state index contributed by atoms with van der Waals surface area (Å²) >= 11 is 0. The normalized spacial score (nSPS) is 31.5. The van der Waals surface area contributed by atoms with Crippen LogP contribution in [0.1, 0.15) is 44.9 Å². The summed E-state index contributed by atoms with van der Waals surface area (Å²) in [7, 11) is 1.81. The van der Waals surface area contributed by atoms with Gasteiger partial charge in [-0.2, -0.15) is 0 Å². The number of nitrogens with zero attached hydrogens (tertiary/aromatic N) is 3. The molecule has 0 aromatic carbocycles. The highest BCUT2D eigenvalue weighted by Gasteiger charge is 2.34. The molecular formula is C20H36IN5O2. The maximum atomic E-state index is 12.6.